The van der Waals surface area contributed by atoms with Gasteiger partial charge in [-0.05, 0) is 26.3 Å². The van der Waals surface area contributed by atoms with Gasteiger partial charge in [-0.25, -0.2) is 0 Å². The van der Waals surface area contributed by atoms with E-state index in [1.165, 1.54) is 12.3 Å². The van der Waals surface area contributed by atoms with Gasteiger partial charge in [0.2, 0.25) is 11.5 Å². The Hall–Kier alpha value is -2.19. The molecule has 2 heterocycles. The van der Waals surface area contributed by atoms with E-state index < -0.39 is 17.5 Å². The van der Waals surface area contributed by atoms with Crippen molar-refractivity contribution in [3.05, 3.63) is 33.7 Å². The van der Waals surface area contributed by atoms with Crippen LogP contribution in [0.5, 0.6) is 0 Å². The first-order chi connectivity index (χ1) is 11.2. The van der Waals surface area contributed by atoms with Gasteiger partial charge in [0.25, 0.3) is 5.91 Å². The molecule has 1 fully saturated rings. The highest BCUT2D eigenvalue weighted by atomic mass is 16.3. The number of hydrogen-bond donors (Lipinski definition) is 3. The molecular formula is C16H24N4O4. The number of carbonyl (C=O) groups is 2. The molecule has 2 amide bonds. The van der Waals surface area contributed by atoms with Crippen LogP contribution in [0.3, 0.4) is 0 Å². The average molecular weight is 336 g/mol. The van der Waals surface area contributed by atoms with Gasteiger partial charge in [0.1, 0.15) is 0 Å². The van der Waals surface area contributed by atoms with Crippen molar-refractivity contribution in [3.63, 3.8) is 0 Å². The van der Waals surface area contributed by atoms with E-state index in [0.717, 1.165) is 0 Å². The molecule has 1 unspecified atom stereocenters. The molecule has 24 heavy (non-hydrogen) atoms. The minimum absolute atomic E-state index is 0.258. The number of pyridine rings is 1. The van der Waals surface area contributed by atoms with E-state index in [2.05, 4.69) is 4.98 Å². The third-order valence-electron chi connectivity index (χ3n) is 4.55. The van der Waals surface area contributed by atoms with Gasteiger partial charge in [0.15, 0.2) is 0 Å². The average Bonchev–Trinajstić information content (AvgIpc) is 2.52. The van der Waals surface area contributed by atoms with Crippen LogP contribution in [-0.2, 0) is 11.4 Å². The van der Waals surface area contributed by atoms with E-state index in [9.17, 15) is 19.5 Å². The highest BCUT2D eigenvalue weighted by molar-refractivity contribution is 5.96. The molecule has 0 aliphatic carbocycles. The molecule has 1 aliphatic rings. The lowest BCUT2D eigenvalue weighted by Gasteiger charge is -2.48. The summed E-state index contributed by atoms with van der Waals surface area (Å²) in [6, 6.07) is 0.827. The number of aromatic nitrogens is 1. The number of carbonyl (C=O) groups excluding carboxylic acids is 2. The van der Waals surface area contributed by atoms with Gasteiger partial charge in [0, 0.05) is 31.9 Å². The van der Waals surface area contributed by atoms with Gasteiger partial charge >= 0.3 is 0 Å². The number of amides is 2. The zero-order chi connectivity index (χ0) is 18.1. The normalized spacial score (nSPS) is 19.1. The minimum atomic E-state index is -0.526. The van der Waals surface area contributed by atoms with Gasteiger partial charge in [-0.15, -0.1) is 0 Å². The first-order valence-corrected chi connectivity index (χ1v) is 7.85. The Bertz CT molecular complexity index is 698. The van der Waals surface area contributed by atoms with Crippen molar-refractivity contribution in [3.8, 4) is 0 Å². The van der Waals surface area contributed by atoms with Gasteiger partial charge in [0.05, 0.1) is 23.8 Å². The third-order valence-corrected chi connectivity index (χ3v) is 4.55. The Kier molecular flexibility index (Phi) is 5.10. The van der Waals surface area contributed by atoms with Crippen molar-refractivity contribution in [1.29, 1.82) is 0 Å². The number of nitrogens with zero attached hydrogens (tertiary/aromatic N) is 2. The number of aromatic amines is 1. The van der Waals surface area contributed by atoms with E-state index in [0.29, 0.717) is 25.2 Å². The van der Waals surface area contributed by atoms with Gasteiger partial charge in [-0.3, -0.25) is 19.3 Å². The smallest absolute Gasteiger partial charge is 0.256 e. The van der Waals surface area contributed by atoms with Gasteiger partial charge in [-0.1, -0.05) is 0 Å². The molecule has 0 radical (unpaired) electrons. The quantitative estimate of drug-likeness (QED) is 0.670. The Balaban J connectivity index is 2.25. The van der Waals surface area contributed by atoms with Crippen molar-refractivity contribution < 1.29 is 14.7 Å². The van der Waals surface area contributed by atoms with Gasteiger partial charge < -0.3 is 20.7 Å². The predicted molar refractivity (Wildman–Crippen MR) is 88.3 cm³/mol. The second-order valence-electron chi connectivity index (χ2n) is 6.71. The van der Waals surface area contributed by atoms with Crippen LogP contribution in [0.25, 0.3) is 0 Å². The molecule has 0 spiro atoms. The summed E-state index contributed by atoms with van der Waals surface area (Å²) in [6.45, 7) is 6.64. The zero-order valence-corrected chi connectivity index (χ0v) is 14.2. The molecular weight excluding hydrogens is 312 g/mol. The summed E-state index contributed by atoms with van der Waals surface area (Å²) in [5.41, 5.74) is 5.06. The molecule has 1 aliphatic heterocycles. The fourth-order valence-electron chi connectivity index (χ4n) is 3.07. The number of piperazine rings is 1. The van der Waals surface area contributed by atoms with Crippen LogP contribution in [0.4, 0.5) is 0 Å². The van der Waals surface area contributed by atoms with E-state index in [-0.39, 0.29) is 23.6 Å². The molecule has 1 aromatic heterocycles. The number of nitrogens with one attached hydrogen (secondary N) is 1. The fourth-order valence-corrected chi connectivity index (χ4v) is 3.07. The standard InChI is InChI=1S/C16H24N4O4/c1-10(14(17)23)19-4-5-20(16(2,3)9-19)15(24)12-7-18-13(22)6-11(12)8-21/h6-7,10,21H,4-5,8-9H2,1-3H3,(H2,17,23)(H,18,22). The lowest BCUT2D eigenvalue weighted by molar-refractivity contribution is -0.124. The van der Waals surface area contributed by atoms with Crippen molar-refractivity contribution in [2.24, 2.45) is 5.73 Å². The lowest BCUT2D eigenvalue weighted by Crippen LogP contribution is -2.63. The molecule has 8 heteroatoms. The fraction of sp³-hybridized carbons (Fsp3) is 0.562. The summed E-state index contributed by atoms with van der Waals surface area (Å²) in [6.07, 6.45) is 1.34. The van der Waals surface area contributed by atoms with Crippen molar-refractivity contribution in [1.82, 2.24) is 14.8 Å². The van der Waals surface area contributed by atoms with E-state index in [1.807, 2.05) is 18.7 Å². The number of hydrogen-bond acceptors (Lipinski definition) is 5. The molecule has 0 aromatic carbocycles. The third kappa shape index (κ3) is 3.49. The maximum absolute atomic E-state index is 12.9. The van der Waals surface area contributed by atoms with Crippen LogP contribution in [0.2, 0.25) is 0 Å². The highest BCUT2D eigenvalue weighted by Gasteiger charge is 2.39. The maximum atomic E-state index is 12.9. The van der Waals surface area contributed by atoms with Crippen LogP contribution in [0.15, 0.2) is 17.1 Å². The second kappa shape index (κ2) is 6.74. The SMILES string of the molecule is CC(C(N)=O)N1CCN(C(=O)c2c[nH]c(=O)cc2CO)C(C)(C)C1. The minimum Gasteiger partial charge on any atom is -0.392 e. The summed E-state index contributed by atoms with van der Waals surface area (Å²) < 4.78 is 0. The summed E-state index contributed by atoms with van der Waals surface area (Å²) in [7, 11) is 0. The van der Waals surface area contributed by atoms with Crippen molar-refractivity contribution >= 4 is 11.8 Å². The van der Waals surface area contributed by atoms with Crippen LogP contribution >= 0.6 is 0 Å². The molecule has 132 valence electrons. The molecule has 1 saturated heterocycles. The number of H-pyrrole nitrogens is 1. The molecule has 4 N–H and O–H groups in total. The zero-order valence-electron chi connectivity index (χ0n) is 14.2. The molecule has 0 bridgehead atoms. The number of rotatable bonds is 4. The molecule has 1 atom stereocenters. The largest absolute Gasteiger partial charge is 0.392 e. The summed E-state index contributed by atoms with van der Waals surface area (Å²) in [5, 5.41) is 9.41. The molecule has 1 aromatic rings. The first kappa shape index (κ1) is 18.2. The van der Waals surface area contributed by atoms with E-state index in [1.54, 1.807) is 11.8 Å². The topological polar surface area (TPSA) is 120 Å². The summed E-state index contributed by atoms with van der Waals surface area (Å²) in [4.78, 5) is 41.8. The Morgan fingerprint density at radius 1 is 1.42 bits per heavy atom. The molecule has 2 rings (SSSR count). The summed E-state index contributed by atoms with van der Waals surface area (Å²) in [5.74, 6) is -0.652. The Morgan fingerprint density at radius 2 is 2.08 bits per heavy atom. The van der Waals surface area contributed by atoms with Crippen LogP contribution in [0.1, 0.15) is 36.7 Å². The van der Waals surface area contributed by atoms with Crippen molar-refractivity contribution in [2.45, 2.75) is 39.0 Å². The van der Waals surface area contributed by atoms with Crippen LogP contribution in [0, 0.1) is 0 Å². The number of primary amides is 1. The van der Waals surface area contributed by atoms with Crippen LogP contribution < -0.4 is 11.3 Å². The first-order valence-electron chi connectivity index (χ1n) is 7.85. The maximum Gasteiger partial charge on any atom is 0.256 e. The predicted octanol–water partition coefficient (Wildman–Crippen LogP) is -0.723. The van der Waals surface area contributed by atoms with E-state index >= 15 is 0 Å². The Labute approximate surface area is 140 Å². The van der Waals surface area contributed by atoms with Gasteiger partial charge in [-0.2, -0.15) is 0 Å². The van der Waals surface area contributed by atoms with E-state index in [4.69, 9.17) is 5.73 Å². The molecule has 8 nitrogen and oxygen atoms in total. The highest BCUT2D eigenvalue weighted by Crippen LogP contribution is 2.25. The number of aliphatic hydroxyl groups excluding tert-OH is 1. The Morgan fingerprint density at radius 3 is 2.62 bits per heavy atom. The number of nitrogens with two attached hydrogens (primary N) is 1. The number of aliphatic hydroxyl groups is 1. The monoisotopic (exact) mass is 336 g/mol. The molecule has 0 saturated carbocycles. The summed E-state index contributed by atoms with van der Waals surface area (Å²) >= 11 is 0. The lowest BCUT2D eigenvalue weighted by atomic mass is 9.95. The van der Waals surface area contributed by atoms with Crippen molar-refractivity contribution in [2.75, 3.05) is 19.6 Å². The second-order valence-corrected chi connectivity index (χ2v) is 6.71. The van der Waals surface area contributed by atoms with Crippen LogP contribution in [-0.4, -0.2) is 62.9 Å².